The molecule has 24 heavy (non-hydrogen) atoms. The Balaban J connectivity index is 0.00000529. The Morgan fingerprint density at radius 3 is 2.38 bits per heavy atom. The van der Waals surface area contributed by atoms with Crippen molar-refractivity contribution in [3.8, 4) is 0 Å². The van der Waals surface area contributed by atoms with E-state index in [1.165, 1.54) is 12.8 Å². The van der Waals surface area contributed by atoms with Gasteiger partial charge in [-0.1, -0.05) is 32.8 Å². The van der Waals surface area contributed by atoms with Crippen LogP contribution in [-0.2, 0) is 6.54 Å². The van der Waals surface area contributed by atoms with Crippen molar-refractivity contribution >= 4 is 29.9 Å². The molecule has 1 aromatic rings. The molecule has 0 aliphatic carbocycles. The van der Waals surface area contributed by atoms with Crippen molar-refractivity contribution in [1.82, 2.24) is 20.5 Å². The second kappa shape index (κ2) is 13.4. The van der Waals surface area contributed by atoms with Gasteiger partial charge in [0.1, 0.15) is 0 Å². The summed E-state index contributed by atoms with van der Waals surface area (Å²) in [6, 6.07) is 6.42. The maximum Gasteiger partial charge on any atom is 0.191 e. The van der Waals surface area contributed by atoms with E-state index in [0.717, 1.165) is 24.7 Å². The van der Waals surface area contributed by atoms with E-state index in [0.29, 0.717) is 18.5 Å². The molecule has 0 aliphatic heterocycles. The van der Waals surface area contributed by atoms with E-state index in [-0.39, 0.29) is 24.0 Å². The van der Waals surface area contributed by atoms with Crippen molar-refractivity contribution in [3.63, 3.8) is 0 Å². The molecular weight excluding hydrogens is 413 g/mol. The van der Waals surface area contributed by atoms with Crippen molar-refractivity contribution in [2.75, 3.05) is 27.2 Å². The first-order chi connectivity index (χ1) is 11.1. The molecule has 0 spiro atoms. The third-order valence-electron chi connectivity index (χ3n) is 4.20. The number of hydrogen-bond donors (Lipinski definition) is 2. The zero-order valence-electron chi connectivity index (χ0n) is 15.7. The van der Waals surface area contributed by atoms with E-state index in [1.807, 2.05) is 18.2 Å². The van der Waals surface area contributed by atoms with E-state index in [2.05, 4.69) is 60.4 Å². The van der Waals surface area contributed by atoms with Crippen molar-refractivity contribution < 1.29 is 0 Å². The van der Waals surface area contributed by atoms with Gasteiger partial charge in [-0.3, -0.25) is 4.98 Å². The first-order valence-corrected chi connectivity index (χ1v) is 8.70. The van der Waals surface area contributed by atoms with Gasteiger partial charge >= 0.3 is 0 Å². The average Bonchev–Trinajstić information content (AvgIpc) is 2.56. The summed E-state index contributed by atoms with van der Waals surface area (Å²) in [4.78, 5) is 11.3. The second-order valence-electron chi connectivity index (χ2n) is 6.00. The Morgan fingerprint density at radius 1 is 1.17 bits per heavy atom. The van der Waals surface area contributed by atoms with E-state index in [9.17, 15) is 0 Å². The molecular formula is C18H34IN5. The first kappa shape index (κ1) is 23.1. The van der Waals surface area contributed by atoms with Crippen molar-refractivity contribution in [2.45, 2.75) is 46.2 Å². The molecule has 1 rings (SSSR count). The third-order valence-corrected chi connectivity index (χ3v) is 4.20. The minimum Gasteiger partial charge on any atom is -0.357 e. The lowest BCUT2D eigenvalue weighted by molar-refractivity contribution is 0.200. The number of guanidine groups is 1. The zero-order chi connectivity index (χ0) is 17.1. The first-order valence-electron chi connectivity index (χ1n) is 8.70. The van der Waals surface area contributed by atoms with E-state index >= 15 is 0 Å². The smallest absolute Gasteiger partial charge is 0.191 e. The number of nitrogens with one attached hydrogen (secondary N) is 2. The van der Waals surface area contributed by atoms with Crippen LogP contribution < -0.4 is 10.6 Å². The molecule has 0 fully saturated rings. The van der Waals surface area contributed by atoms with Crippen LogP contribution in [0.2, 0.25) is 0 Å². The Hall–Kier alpha value is -0.890. The summed E-state index contributed by atoms with van der Waals surface area (Å²) in [6.07, 6.45) is 4.20. The molecule has 1 heterocycles. The predicted octanol–water partition coefficient (Wildman–Crippen LogP) is 3.12. The number of nitrogens with zero attached hydrogens (tertiary/aromatic N) is 3. The fourth-order valence-corrected chi connectivity index (χ4v) is 2.80. The summed E-state index contributed by atoms with van der Waals surface area (Å²) in [7, 11) is 4.31. The molecule has 0 radical (unpaired) electrons. The summed E-state index contributed by atoms with van der Waals surface area (Å²) in [5, 5.41) is 6.81. The van der Waals surface area contributed by atoms with Gasteiger partial charge in [0.2, 0.25) is 0 Å². The fraction of sp³-hybridized carbons (Fsp3) is 0.667. The molecule has 1 aromatic heterocycles. The molecule has 1 unspecified atom stereocenters. The maximum atomic E-state index is 4.64. The summed E-state index contributed by atoms with van der Waals surface area (Å²) in [5.74, 6) is 1.55. The fourth-order valence-electron chi connectivity index (χ4n) is 2.80. The third kappa shape index (κ3) is 8.28. The van der Waals surface area contributed by atoms with Gasteiger partial charge in [-0.15, -0.1) is 24.0 Å². The summed E-state index contributed by atoms with van der Waals surface area (Å²) >= 11 is 0. The van der Waals surface area contributed by atoms with Gasteiger partial charge in [-0.05, 0) is 39.1 Å². The van der Waals surface area contributed by atoms with Crippen LogP contribution in [0.5, 0.6) is 0 Å². The van der Waals surface area contributed by atoms with E-state index < -0.39 is 0 Å². The highest BCUT2D eigenvalue weighted by Gasteiger charge is 2.20. The van der Waals surface area contributed by atoms with Crippen LogP contribution in [0.4, 0.5) is 0 Å². The number of halogens is 1. The molecule has 5 nitrogen and oxygen atoms in total. The Morgan fingerprint density at radius 2 is 1.88 bits per heavy atom. The molecule has 0 aliphatic rings. The van der Waals surface area contributed by atoms with Crippen LogP contribution in [-0.4, -0.2) is 49.1 Å². The summed E-state index contributed by atoms with van der Waals surface area (Å²) < 4.78 is 0. The number of hydrogen-bond acceptors (Lipinski definition) is 3. The van der Waals surface area contributed by atoms with E-state index in [4.69, 9.17) is 0 Å². The van der Waals surface area contributed by atoms with Crippen LogP contribution in [0.25, 0.3) is 0 Å². The highest BCUT2D eigenvalue weighted by atomic mass is 127. The molecule has 1 atom stereocenters. The lowest BCUT2D eigenvalue weighted by atomic mass is 9.93. The van der Waals surface area contributed by atoms with Gasteiger partial charge in [0.05, 0.1) is 12.2 Å². The predicted molar refractivity (Wildman–Crippen MR) is 114 cm³/mol. The Bertz CT molecular complexity index is 446. The average molecular weight is 447 g/mol. The van der Waals surface area contributed by atoms with Crippen LogP contribution in [0.1, 0.15) is 39.3 Å². The number of pyridine rings is 1. The largest absolute Gasteiger partial charge is 0.357 e. The van der Waals surface area contributed by atoms with Gasteiger partial charge < -0.3 is 15.5 Å². The standard InChI is InChI=1S/C18H33N5.HI/c1-6-15(7-2)17(23(4)5)14-22-18(19-8-3)21-13-16-11-9-10-12-20-16;/h9-12,15,17H,6-8,13-14H2,1-5H3,(H2,19,21,22);1H. The van der Waals surface area contributed by atoms with Crippen LogP contribution in [0.3, 0.4) is 0 Å². The minimum absolute atomic E-state index is 0. The van der Waals surface area contributed by atoms with Gasteiger partial charge in [0.15, 0.2) is 5.96 Å². The highest BCUT2D eigenvalue weighted by Crippen LogP contribution is 2.16. The molecule has 2 N–H and O–H groups in total. The Labute approximate surface area is 164 Å². The van der Waals surface area contributed by atoms with Crippen molar-refractivity contribution in [3.05, 3.63) is 30.1 Å². The molecule has 0 saturated carbocycles. The SMILES string of the molecule is CCNC(=NCc1ccccn1)NCC(C(CC)CC)N(C)C.I. The maximum absolute atomic E-state index is 4.64. The van der Waals surface area contributed by atoms with Gasteiger partial charge in [0, 0.05) is 25.3 Å². The topological polar surface area (TPSA) is 52.6 Å². The van der Waals surface area contributed by atoms with Gasteiger partial charge in [-0.2, -0.15) is 0 Å². The van der Waals surface area contributed by atoms with Crippen LogP contribution >= 0.6 is 24.0 Å². The molecule has 0 aromatic carbocycles. The second-order valence-corrected chi connectivity index (χ2v) is 6.00. The summed E-state index contributed by atoms with van der Waals surface area (Å²) in [6.45, 7) is 8.96. The van der Waals surface area contributed by atoms with Crippen molar-refractivity contribution in [1.29, 1.82) is 0 Å². The molecule has 0 saturated heterocycles. The van der Waals surface area contributed by atoms with Gasteiger partial charge in [-0.25, -0.2) is 4.99 Å². The van der Waals surface area contributed by atoms with Crippen LogP contribution in [0, 0.1) is 5.92 Å². The number of likely N-dealkylation sites (N-methyl/N-ethyl adjacent to an activating group) is 1. The highest BCUT2D eigenvalue weighted by molar-refractivity contribution is 14.0. The van der Waals surface area contributed by atoms with E-state index in [1.54, 1.807) is 6.20 Å². The number of rotatable bonds is 9. The molecule has 138 valence electrons. The monoisotopic (exact) mass is 447 g/mol. The quantitative estimate of drug-likeness (QED) is 0.347. The summed E-state index contributed by atoms with van der Waals surface area (Å²) in [5.41, 5.74) is 0.980. The number of aliphatic imine (C=N–C) groups is 1. The normalized spacial score (nSPS) is 12.9. The molecule has 6 heteroatoms. The van der Waals surface area contributed by atoms with Crippen molar-refractivity contribution in [2.24, 2.45) is 10.9 Å². The lowest BCUT2D eigenvalue weighted by Crippen LogP contribution is -2.48. The zero-order valence-corrected chi connectivity index (χ0v) is 18.1. The minimum atomic E-state index is 0. The van der Waals surface area contributed by atoms with Gasteiger partial charge in [0.25, 0.3) is 0 Å². The number of aromatic nitrogens is 1. The molecule has 0 bridgehead atoms. The Kier molecular flexibility index (Phi) is 12.9. The van der Waals surface area contributed by atoms with Crippen LogP contribution in [0.15, 0.2) is 29.4 Å². The molecule has 0 amide bonds. The lowest BCUT2D eigenvalue weighted by Gasteiger charge is -2.32.